The Kier molecular flexibility index (Phi) is 23.4. The molecule has 0 saturated carbocycles. The fourth-order valence-corrected chi connectivity index (χ4v) is 5.32. The largest absolute Gasteiger partial charge is 0.394 e. The lowest BCUT2D eigenvalue weighted by Gasteiger charge is -2.30. The van der Waals surface area contributed by atoms with Crippen LogP contribution < -0.4 is 37.6 Å². The van der Waals surface area contributed by atoms with Crippen molar-refractivity contribution in [2.24, 2.45) is 23.0 Å². The lowest BCUT2D eigenvalue weighted by atomic mass is 9.81. The summed E-state index contributed by atoms with van der Waals surface area (Å²) in [4.78, 5) is 88.9. The Hall–Kier alpha value is -3.85. The van der Waals surface area contributed by atoms with Crippen molar-refractivity contribution in [2.45, 2.75) is 144 Å². The van der Waals surface area contributed by atoms with Gasteiger partial charge in [0.15, 0.2) is 5.78 Å². The van der Waals surface area contributed by atoms with Crippen molar-refractivity contribution in [3.8, 4) is 0 Å². The van der Waals surface area contributed by atoms with Gasteiger partial charge in [0, 0.05) is 5.41 Å². The van der Waals surface area contributed by atoms with E-state index in [2.05, 4.69) is 38.8 Å². The monoisotopic (exact) mass is 752 g/mol. The summed E-state index contributed by atoms with van der Waals surface area (Å²) in [5.41, 5.74) is 3.51. The molecule has 0 spiro atoms. The topological polar surface area (TPSA) is 238 Å². The van der Waals surface area contributed by atoms with Gasteiger partial charge in [-0.15, -0.1) is 0 Å². The number of nitrogens with two attached hydrogens (primary N) is 1. The second-order valence-corrected chi connectivity index (χ2v) is 15.5. The van der Waals surface area contributed by atoms with Gasteiger partial charge in [-0.2, -0.15) is 0 Å². The van der Waals surface area contributed by atoms with Crippen LogP contribution in [0, 0.1) is 17.3 Å². The molecule has 0 heterocycles. The maximum absolute atomic E-state index is 13.0. The smallest absolute Gasteiger partial charge is 0.245 e. The van der Waals surface area contributed by atoms with Gasteiger partial charge in [0.2, 0.25) is 35.4 Å². The van der Waals surface area contributed by atoms with Crippen molar-refractivity contribution in [2.75, 3.05) is 26.2 Å². The molecule has 4 atom stereocenters. The molecule has 0 aromatic heterocycles. The van der Waals surface area contributed by atoms with Crippen molar-refractivity contribution in [1.82, 2.24) is 31.9 Å². The van der Waals surface area contributed by atoms with E-state index >= 15 is 0 Å². The summed E-state index contributed by atoms with van der Waals surface area (Å²) in [6, 6.07) is -2.54. The van der Waals surface area contributed by atoms with E-state index in [1.165, 1.54) is 32.8 Å². The minimum absolute atomic E-state index is 0.0962. The maximum Gasteiger partial charge on any atom is 0.245 e. The van der Waals surface area contributed by atoms with Gasteiger partial charge in [-0.1, -0.05) is 86.6 Å². The quantitative estimate of drug-likeness (QED) is 0.0448. The summed E-state index contributed by atoms with van der Waals surface area (Å²) in [6.45, 7) is 14.5. The predicted octanol–water partition coefficient (Wildman–Crippen LogP) is 1.51. The zero-order valence-electron chi connectivity index (χ0n) is 33.6. The molecule has 53 heavy (non-hydrogen) atoms. The minimum Gasteiger partial charge on any atom is -0.394 e. The molecule has 6 amide bonds. The van der Waals surface area contributed by atoms with Crippen LogP contribution in [0.25, 0.3) is 0 Å². The van der Waals surface area contributed by atoms with Gasteiger partial charge < -0.3 is 42.7 Å². The zero-order valence-corrected chi connectivity index (χ0v) is 33.6. The molecule has 15 nitrogen and oxygen atoms in total. The summed E-state index contributed by atoms with van der Waals surface area (Å²) >= 11 is 0. The van der Waals surface area contributed by atoms with Gasteiger partial charge in [-0.25, -0.2) is 0 Å². The molecule has 15 heteroatoms. The van der Waals surface area contributed by atoms with E-state index < -0.39 is 71.1 Å². The third-order valence-electron chi connectivity index (χ3n) is 8.98. The Labute approximate surface area is 316 Å². The summed E-state index contributed by atoms with van der Waals surface area (Å²) in [5, 5.41) is 25.1. The molecule has 0 saturated heterocycles. The van der Waals surface area contributed by atoms with E-state index in [1.807, 2.05) is 27.7 Å². The summed E-state index contributed by atoms with van der Waals surface area (Å²) in [6.07, 6.45) is 10.6. The van der Waals surface area contributed by atoms with Gasteiger partial charge in [-0.05, 0) is 57.4 Å². The number of rotatable bonds is 27. The molecule has 0 bridgehead atoms. The Morgan fingerprint density at radius 1 is 0.774 bits per heavy atom. The highest BCUT2D eigenvalue weighted by Crippen LogP contribution is 2.23. The Bertz CT molecular complexity index is 1230. The molecular weight excluding hydrogens is 682 g/mol. The third-order valence-corrected chi connectivity index (χ3v) is 8.98. The average Bonchev–Trinajstić information content (AvgIpc) is 3.08. The summed E-state index contributed by atoms with van der Waals surface area (Å²) < 4.78 is 0. The molecule has 304 valence electrons. The van der Waals surface area contributed by atoms with Crippen LogP contribution in [0.15, 0.2) is 12.2 Å². The molecule has 0 aliphatic carbocycles. The molecule has 9 N–H and O–H groups in total. The molecule has 0 aliphatic heterocycles. The molecule has 0 fully saturated rings. The number of allylic oxidation sites excluding steroid dienone is 1. The van der Waals surface area contributed by atoms with Crippen molar-refractivity contribution in [1.29, 1.82) is 0 Å². The number of unbranched alkanes of at least 4 members (excludes halogenated alkanes) is 5. The minimum atomic E-state index is -1.50. The van der Waals surface area contributed by atoms with Crippen LogP contribution in [-0.2, 0) is 33.6 Å². The highest BCUT2D eigenvalue weighted by molar-refractivity contribution is 5.96. The fourth-order valence-electron chi connectivity index (χ4n) is 5.32. The van der Waals surface area contributed by atoms with Gasteiger partial charge in [0.1, 0.15) is 11.6 Å². The van der Waals surface area contributed by atoms with Crippen molar-refractivity contribution < 1.29 is 38.7 Å². The van der Waals surface area contributed by atoms with Crippen LogP contribution in [-0.4, -0.2) is 96.2 Å². The molecule has 4 unspecified atom stereocenters. The Balaban J connectivity index is 4.92. The number of carbonyl (C=O) groups is 7. The standard InChI is InChI=1S/C38H69N7O8/c1-10-12-13-14-15-16-17-18-30(48)41-22-31(49)40-21-29(47)37(6,7)20-28(39)34(51)45-38(8,9)36(53)42-23-32(50)44-33(26(5)11-2)35(52)43-27(24-46)19-25(3)4/h17-18,25-28,33,46H,10-16,19-24,39H2,1-9H3,(H,40,49)(H,41,48)(H,42,53)(H,43,52)(H,44,50)(H,45,51)/b18-17+. The van der Waals surface area contributed by atoms with Gasteiger partial charge >= 0.3 is 0 Å². The summed E-state index contributed by atoms with van der Waals surface area (Å²) in [5.74, 6) is -3.76. The number of ketones is 1. The van der Waals surface area contributed by atoms with Crippen LogP contribution in [0.1, 0.15) is 120 Å². The first-order valence-electron chi connectivity index (χ1n) is 19.0. The van der Waals surface area contributed by atoms with E-state index in [-0.39, 0.29) is 43.7 Å². The number of aliphatic hydroxyl groups excluding tert-OH is 1. The highest BCUT2D eigenvalue weighted by atomic mass is 16.3. The van der Waals surface area contributed by atoms with Crippen molar-refractivity contribution in [3.05, 3.63) is 12.2 Å². The number of amides is 6. The van der Waals surface area contributed by atoms with Gasteiger partial charge in [0.25, 0.3) is 0 Å². The lowest BCUT2D eigenvalue weighted by Crippen LogP contribution is -2.60. The van der Waals surface area contributed by atoms with Crippen molar-refractivity contribution in [3.63, 3.8) is 0 Å². The fraction of sp³-hybridized carbons (Fsp3) is 0.763. The Morgan fingerprint density at radius 3 is 1.98 bits per heavy atom. The first-order valence-corrected chi connectivity index (χ1v) is 19.0. The molecule has 0 aromatic carbocycles. The first kappa shape index (κ1) is 49.1. The Morgan fingerprint density at radius 2 is 1.40 bits per heavy atom. The lowest BCUT2D eigenvalue weighted by molar-refractivity contribution is -0.135. The van der Waals surface area contributed by atoms with Gasteiger partial charge in [0.05, 0.1) is 38.3 Å². The van der Waals surface area contributed by atoms with Crippen LogP contribution >= 0.6 is 0 Å². The first-order chi connectivity index (χ1) is 24.7. The van der Waals surface area contributed by atoms with Crippen LogP contribution in [0.3, 0.4) is 0 Å². The number of hydrogen-bond donors (Lipinski definition) is 8. The second-order valence-electron chi connectivity index (χ2n) is 15.5. The summed E-state index contributed by atoms with van der Waals surface area (Å²) in [7, 11) is 0. The number of hydrogen-bond acceptors (Lipinski definition) is 9. The molecule has 0 radical (unpaired) electrons. The van der Waals surface area contributed by atoms with Crippen LogP contribution in [0.2, 0.25) is 0 Å². The van der Waals surface area contributed by atoms with Crippen LogP contribution in [0.5, 0.6) is 0 Å². The number of aliphatic hydroxyl groups is 1. The van der Waals surface area contributed by atoms with E-state index in [4.69, 9.17) is 5.73 Å². The predicted molar refractivity (Wildman–Crippen MR) is 205 cm³/mol. The molecular formula is C38H69N7O8. The molecule has 0 aliphatic rings. The van der Waals surface area contributed by atoms with Gasteiger partial charge in [-0.3, -0.25) is 33.6 Å². The molecule has 0 aromatic rings. The number of nitrogens with one attached hydrogen (secondary N) is 6. The van der Waals surface area contributed by atoms with E-state index in [9.17, 15) is 38.7 Å². The number of carbonyl (C=O) groups excluding carboxylic acids is 7. The third kappa shape index (κ3) is 20.8. The highest BCUT2D eigenvalue weighted by Gasteiger charge is 2.36. The maximum atomic E-state index is 13.0. The molecule has 0 rings (SSSR count). The van der Waals surface area contributed by atoms with Crippen LogP contribution in [0.4, 0.5) is 0 Å². The zero-order chi connectivity index (χ0) is 40.8. The second kappa shape index (κ2) is 25.2. The average molecular weight is 752 g/mol. The van der Waals surface area contributed by atoms with E-state index in [0.29, 0.717) is 12.8 Å². The normalized spacial score (nSPS) is 14.1. The van der Waals surface area contributed by atoms with Crippen molar-refractivity contribution >= 4 is 41.2 Å². The number of Topliss-reactive ketones (excluding diaryl/α,β-unsaturated/α-hetero) is 1. The van der Waals surface area contributed by atoms with E-state index in [0.717, 1.165) is 25.7 Å². The van der Waals surface area contributed by atoms with E-state index in [1.54, 1.807) is 19.9 Å². The SMILES string of the molecule is CCCCCCC/C=C/C(=O)NCC(=O)NCC(=O)C(C)(C)CC(N)C(=O)NC(C)(C)C(=O)NCC(=O)NC(C(=O)NC(CO)CC(C)C)C(C)CC.